The molecule has 9 nitrogen and oxygen atoms in total. The lowest BCUT2D eigenvalue weighted by Gasteiger charge is -2.26. The van der Waals surface area contributed by atoms with Crippen LogP contribution in [-0.2, 0) is 9.53 Å². The first kappa shape index (κ1) is 30.3. The summed E-state index contributed by atoms with van der Waals surface area (Å²) in [6.45, 7) is 1.89. The lowest BCUT2D eigenvalue weighted by atomic mass is 9.93. The Labute approximate surface area is 269 Å². The van der Waals surface area contributed by atoms with Crippen LogP contribution in [0, 0.1) is 10.1 Å². The minimum absolute atomic E-state index is 0.0198. The number of ether oxygens (including phenoxy) is 1. The minimum atomic E-state index is -0.796. The van der Waals surface area contributed by atoms with E-state index >= 15 is 0 Å². The van der Waals surface area contributed by atoms with Crippen molar-refractivity contribution in [2.24, 2.45) is 4.99 Å². The van der Waals surface area contributed by atoms with Crippen LogP contribution in [0.5, 0.6) is 0 Å². The van der Waals surface area contributed by atoms with E-state index in [2.05, 4.69) is 0 Å². The largest absolute Gasteiger partial charge is 0.463 e. The number of aromatic nitrogens is 1. The summed E-state index contributed by atoms with van der Waals surface area (Å²) in [5.74, 6) is 0.180. The van der Waals surface area contributed by atoms with E-state index in [1.54, 1.807) is 43.0 Å². The zero-order chi connectivity index (χ0) is 31.7. The molecule has 226 valence electrons. The molecule has 1 atom stereocenters. The standard InChI is InChI=1S/C33H24ClN3O6S2/c1-3-42-32(39)28-29(19-7-5-4-6-8-19)35-33-36(30(28)20-9-13-23(44-2)14-10-20)31(38)27(45-33)18-22-12-16-26(43-22)21-11-15-24(34)25(17-21)37(40)41/h4-18,30H,3H2,1-2H3/b27-18-/t30-/m1/s1. The molecule has 0 unspecified atom stereocenters. The van der Waals surface area contributed by atoms with Crippen LogP contribution in [0.15, 0.2) is 110 Å². The molecule has 12 heteroatoms. The van der Waals surface area contributed by atoms with Crippen molar-refractivity contribution < 1.29 is 18.9 Å². The number of esters is 1. The van der Waals surface area contributed by atoms with Gasteiger partial charge in [0.15, 0.2) is 4.80 Å². The van der Waals surface area contributed by atoms with E-state index in [0.717, 1.165) is 16.0 Å². The van der Waals surface area contributed by atoms with Crippen molar-refractivity contribution in [1.82, 2.24) is 4.57 Å². The summed E-state index contributed by atoms with van der Waals surface area (Å²) >= 11 is 8.73. The summed E-state index contributed by atoms with van der Waals surface area (Å²) in [5, 5.41) is 11.4. The summed E-state index contributed by atoms with van der Waals surface area (Å²) < 4.78 is 13.3. The van der Waals surface area contributed by atoms with Crippen LogP contribution in [0.1, 0.15) is 29.9 Å². The van der Waals surface area contributed by atoms with E-state index in [9.17, 15) is 19.7 Å². The number of nitro benzene ring substituents is 1. The number of fused-ring (bicyclic) bond motifs is 1. The Morgan fingerprint density at radius 2 is 1.87 bits per heavy atom. The van der Waals surface area contributed by atoms with Gasteiger partial charge < -0.3 is 9.15 Å². The fourth-order valence-corrected chi connectivity index (χ4v) is 6.64. The van der Waals surface area contributed by atoms with Gasteiger partial charge in [-0.3, -0.25) is 19.5 Å². The summed E-state index contributed by atoms with van der Waals surface area (Å²) in [7, 11) is 0. The molecule has 2 aromatic heterocycles. The summed E-state index contributed by atoms with van der Waals surface area (Å²) in [4.78, 5) is 44.8. The summed E-state index contributed by atoms with van der Waals surface area (Å²) in [5.41, 5.74) is 2.03. The molecule has 0 amide bonds. The zero-order valence-corrected chi connectivity index (χ0v) is 26.3. The van der Waals surface area contributed by atoms with Gasteiger partial charge in [-0.15, -0.1) is 11.8 Å². The average molecular weight is 658 g/mol. The highest BCUT2D eigenvalue weighted by atomic mass is 35.5. The van der Waals surface area contributed by atoms with Crippen LogP contribution >= 0.6 is 34.7 Å². The van der Waals surface area contributed by atoms with Gasteiger partial charge >= 0.3 is 5.97 Å². The first-order valence-corrected chi connectivity index (χ1v) is 16.2. The number of carbonyl (C=O) groups is 1. The number of carbonyl (C=O) groups excluding carboxylic acids is 1. The summed E-state index contributed by atoms with van der Waals surface area (Å²) in [6.07, 6.45) is 3.57. The van der Waals surface area contributed by atoms with Crippen molar-refractivity contribution in [3.8, 4) is 11.3 Å². The van der Waals surface area contributed by atoms with E-state index in [1.807, 2.05) is 60.9 Å². The Balaban J connectivity index is 1.53. The number of halogens is 1. The number of rotatable bonds is 8. The second-order valence-corrected chi connectivity index (χ2v) is 12.1. The molecular weight excluding hydrogens is 634 g/mol. The first-order valence-electron chi connectivity index (χ1n) is 13.8. The molecule has 0 bridgehead atoms. The Hall–Kier alpha value is -4.71. The van der Waals surface area contributed by atoms with Gasteiger partial charge in [0, 0.05) is 28.2 Å². The van der Waals surface area contributed by atoms with E-state index in [4.69, 9.17) is 25.7 Å². The number of thioether (sulfide) groups is 1. The number of hydrogen-bond donors (Lipinski definition) is 0. The average Bonchev–Trinajstić information content (AvgIpc) is 3.65. The molecule has 0 aliphatic carbocycles. The lowest BCUT2D eigenvalue weighted by Crippen LogP contribution is -2.40. The fraction of sp³-hybridized carbons (Fsp3) is 0.121. The lowest BCUT2D eigenvalue weighted by molar-refractivity contribution is -0.384. The fourth-order valence-electron chi connectivity index (χ4n) is 5.06. The molecule has 6 rings (SSSR count). The molecule has 0 spiro atoms. The number of nitro groups is 1. The van der Waals surface area contributed by atoms with Crippen molar-refractivity contribution in [3.05, 3.63) is 142 Å². The van der Waals surface area contributed by atoms with Gasteiger partial charge in [0.1, 0.15) is 16.5 Å². The number of benzene rings is 3. The Bertz CT molecular complexity index is 2150. The van der Waals surface area contributed by atoms with Crippen LogP contribution in [0.25, 0.3) is 23.1 Å². The van der Waals surface area contributed by atoms with E-state index < -0.39 is 16.9 Å². The Kier molecular flexibility index (Phi) is 8.57. The van der Waals surface area contributed by atoms with Gasteiger partial charge in [0.05, 0.1) is 33.4 Å². The van der Waals surface area contributed by atoms with Crippen molar-refractivity contribution in [2.45, 2.75) is 17.9 Å². The van der Waals surface area contributed by atoms with Crippen molar-refractivity contribution in [2.75, 3.05) is 12.9 Å². The number of thiazole rings is 1. The van der Waals surface area contributed by atoms with Crippen LogP contribution in [-0.4, -0.2) is 28.3 Å². The topological polar surface area (TPSA) is 117 Å². The van der Waals surface area contributed by atoms with E-state index in [1.165, 1.54) is 28.0 Å². The van der Waals surface area contributed by atoms with Crippen molar-refractivity contribution >= 4 is 58.1 Å². The van der Waals surface area contributed by atoms with Gasteiger partial charge in [-0.25, -0.2) is 9.79 Å². The molecule has 0 saturated heterocycles. The first-order chi connectivity index (χ1) is 21.8. The third kappa shape index (κ3) is 5.89. The third-order valence-corrected chi connectivity index (χ3v) is 9.18. The van der Waals surface area contributed by atoms with Crippen LogP contribution in [0.3, 0.4) is 0 Å². The van der Waals surface area contributed by atoms with Gasteiger partial charge in [0.25, 0.3) is 11.2 Å². The molecule has 1 aliphatic heterocycles. The molecule has 0 saturated carbocycles. The molecule has 45 heavy (non-hydrogen) atoms. The number of hydrogen-bond acceptors (Lipinski definition) is 9. The highest BCUT2D eigenvalue weighted by Crippen LogP contribution is 2.36. The Morgan fingerprint density at radius 3 is 2.56 bits per heavy atom. The smallest absolute Gasteiger partial charge is 0.338 e. The Morgan fingerprint density at radius 1 is 1.11 bits per heavy atom. The second kappa shape index (κ2) is 12.7. The van der Waals surface area contributed by atoms with Crippen molar-refractivity contribution in [3.63, 3.8) is 0 Å². The van der Waals surface area contributed by atoms with Gasteiger partial charge in [0.2, 0.25) is 0 Å². The normalized spacial score (nSPS) is 14.6. The molecule has 0 fully saturated rings. The molecule has 3 aromatic carbocycles. The summed E-state index contributed by atoms with van der Waals surface area (Å²) in [6, 6.07) is 24.0. The quantitative estimate of drug-likeness (QED) is 0.0812. The predicted molar refractivity (Wildman–Crippen MR) is 175 cm³/mol. The van der Waals surface area contributed by atoms with Gasteiger partial charge in [-0.1, -0.05) is 65.4 Å². The van der Waals surface area contributed by atoms with Gasteiger partial charge in [-0.05, 0) is 55.1 Å². The van der Waals surface area contributed by atoms with Gasteiger partial charge in [-0.2, -0.15) is 0 Å². The molecule has 0 radical (unpaired) electrons. The monoisotopic (exact) mass is 657 g/mol. The highest BCUT2D eigenvalue weighted by Gasteiger charge is 2.35. The van der Waals surface area contributed by atoms with Crippen LogP contribution in [0.4, 0.5) is 5.69 Å². The molecule has 0 N–H and O–H groups in total. The zero-order valence-electron chi connectivity index (χ0n) is 23.9. The highest BCUT2D eigenvalue weighted by molar-refractivity contribution is 7.98. The van der Waals surface area contributed by atoms with Crippen LogP contribution in [0.2, 0.25) is 5.02 Å². The minimum Gasteiger partial charge on any atom is -0.463 e. The molecule has 3 heterocycles. The predicted octanol–water partition coefficient (Wildman–Crippen LogP) is 6.48. The number of nitrogens with zero attached hydrogens (tertiary/aromatic N) is 3. The maximum absolute atomic E-state index is 14.1. The second-order valence-electron chi connectivity index (χ2n) is 9.83. The number of furan rings is 1. The molecule has 5 aromatic rings. The maximum atomic E-state index is 14.1. The molecular formula is C33H24ClN3O6S2. The van der Waals surface area contributed by atoms with E-state index in [-0.39, 0.29) is 28.4 Å². The van der Waals surface area contributed by atoms with E-state index in [0.29, 0.717) is 32.1 Å². The maximum Gasteiger partial charge on any atom is 0.338 e. The van der Waals surface area contributed by atoms with Crippen LogP contribution < -0.4 is 14.9 Å². The SMILES string of the molecule is CCOC(=O)C1=C(c2ccccc2)N=c2s/c(=C\c3ccc(-c4ccc(Cl)c([N+](=O)[O-])c4)o3)c(=O)n2[C@@H]1c1ccc(SC)cc1. The third-order valence-electron chi connectivity index (χ3n) is 7.13. The van der Waals surface area contributed by atoms with Crippen molar-refractivity contribution in [1.29, 1.82) is 0 Å². The molecule has 1 aliphatic rings.